The van der Waals surface area contributed by atoms with Crippen molar-refractivity contribution in [2.24, 2.45) is 45.8 Å². The Kier molecular flexibility index (Phi) is 6.19. The molecule has 0 bridgehead atoms. The molecule has 0 aliphatic heterocycles. The molecule has 5 saturated carbocycles. The van der Waals surface area contributed by atoms with Gasteiger partial charge in [-0.15, -0.1) is 0 Å². The van der Waals surface area contributed by atoms with E-state index in [2.05, 4.69) is 63.1 Å². The first kappa shape index (κ1) is 25.3. The topological polar surface area (TPSA) is 63.9 Å². The monoisotopic (exact) mass is 495 g/mol. The number of fused-ring (bicyclic) bond motifs is 5. The second-order valence-corrected chi connectivity index (χ2v) is 14.4. The number of rotatable bonds is 4. The van der Waals surface area contributed by atoms with Gasteiger partial charge in [0.1, 0.15) is 0 Å². The highest BCUT2D eigenvalue weighted by molar-refractivity contribution is 5.19. The van der Waals surface area contributed by atoms with Crippen molar-refractivity contribution >= 4 is 0 Å². The molecule has 200 valence electrons. The molecular weight excluding hydrogens is 446 g/mol. The van der Waals surface area contributed by atoms with Crippen LogP contribution in [0, 0.1) is 45.8 Å². The van der Waals surface area contributed by atoms with Crippen LogP contribution in [0.15, 0.2) is 30.3 Å². The van der Waals surface area contributed by atoms with Crippen LogP contribution in [-0.4, -0.2) is 51.6 Å². The van der Waals surface area contributed by atoms with E-state index in [0.717, 1.165) is 45.1 Å². The van der Waals surface area contributed by atoms with Gasteiger partial charge in [0.15, 0.2) is 0 Å². The lowest BCUT2D eigenvalue weighted by Crippen LogP contribution is -2.65. The molecule has 1 aromatic rings. The highest BCUT2D eigenvalue weighted by Crippen LogP contribution is 2.71. The first-order chi connectivity index (χ1) is 17.1. The maximum absolute atomic E-state index is 12.0. The molecule has 0 radical (unpaired) electrons. The molecule has 6 rings (SSSR count). The maximum atomic E-state index is 12.0. The average Bonchev–Trinajstić information content (AvgIpc) is 3.19. The second-order valence-electron chi connectivity index (χ2n) is 14.4. The normalized spacial score (nSPS) is 52.3. The minimum absolute atomic E-state index is 0.124. The molecule has 3 N–H and O–H groups in total. The van der Waals surface area contributed by atoms with Gasteiger partial charge >= 0.3 is 0 Å². The number of benzene rings is 1. The standard InChI is InChI=1S/C32H49NO3/c1-30-14-12-22(34)16-21(30)17-25(35)29-23-10-11-26(32(23,3)28(36)18-24(29)30)31(2)15-13-27(31)33(4)19-20-8-6-5-7-9-20/h5-9,21-29,34-36H,10-19H2,1-4H3/t21-,22?,23-,24-,25+,26+,27?,28-,29-,30-,31-,32-/m0/s1. The van der Waals surface area contributed by atoms with Crippen LogP contribution >= 0.6 is 0 Å². The number of aliphatic hydroxyl groups is 3. The van der Waals surface area contributed by atoms with Gasteiger partial charge in [0.05, 0.1) is 18.3 Å². The number of nitrogens with zero attached hydrogens (tertiary/aromatic N) is 1. The predicted octanol–water partition coefficient (Wildman–Crippen LogP) is 5.25. The molecule has 12 atom stereocenters. The fourth-order valence-corrected chi connectivity index (χ4v) is 11.1. The molecule has 4 heteroatoms. The Morgan fingerprint density at radius 2 is 1.56 bits per heavy atom. The number of hydrogen-bond acceptors (Lipinski definition) is 4. The van der Waals surface area contributed by atoms with Crippen molar-refractivity contribution in [2.75, 3.05) is 7.05 Å². The van der Waals surface area contributed by atoms with E-state index < -0.39 is 0 Å². The van der Waals surface area contributed by atoms with Crippen molar-refractivity contribution in [3.8, 4) is 0 Å². The maximum Gasteiger partial charge on any atom is 0.0602 e. The molecule has 0 saturated heterocycles. The summed E-state index contributed by atoms with van der Waals surface area (Å²) in [5.41, 5.74) is 1.60. The Balaban J connectivity index is 1.26. The summed E-state index contributed by atoms with van der Waals surface area (Å²) >= 11 is 0. The summed E-state index contributed by atoms with van der Waals surface area (Å²) in [6, 6.07) is 11.4. The van der Waals surface area contributed by atoms with Crippen molar-refractivity contribution < 1.29 is 15.3 Å². The highest BCUT2D eigenvalue weighted by Gasteiger charge is 2.69. The molecule has 0 spiro atoms. The third-order valence-electron chi connectivity index (χ3n) is 13.1. The first-order valence-electron chi connectivity index (χ1n) is 14.9. The smallest absolute Gasteiger partial charge is 0.0602 e. The summed E-state index contributed by atoms with van der Waals surface area (Å²) in [6.45, 7) is 8.32. The van der Waals surface area contributed by atoms with Gasteiger partial charge in [-0.2, -0.15) is 0 Å². The molecule has 4 nitrogen and oxygen atoms in total. The molecule has 0 heterocycles. The zero-order chi connectivity index (χ0) is 25.5. The predicted molar refractivity (Wildman–Crippen MR) is 143 cm³/mol. The summed E-state index contributed by atoms with van der Waals surface area (Å²) in [6.07, 6.45) is 8.39. The average molecular weight is 496 g/mol. The van der Waals surface area contributed by atoms with Gasteiger partial charge in [0.25, 0.3) is 0 Å². The second kappa shape index (κ2) is 8.79. The Morgan fingerprint density at radius 3 is 2.25 bits per heavy atom. The van der Waals surface area contributed by atoms with Crippen LogP contribution in [0.2, 0.25) is 0 Å². The lowest BCUT2D eigenvalue weighted by atomic mass is 9.41. The zero-order valence-corrected chi connectivity index (χ0v) is 22.9. The molecular formula is C32H49NO3. The lowest BCUT2D eigenvalue weighted by Gasteiger charge is -2.65. The summed E-state index contributed by atoms with van der Waals surface area (Å²) in [7, 11) is 2.29. The van der Waals surface area contributed by atoms with E-state index >= 15 is 0 Å². The molecule has 2 unspecified atom stereocenters. The summed E-state index contributed by atoms with van der Waals surface area (Å²) in [4.78, 5) is 2.57. The van der Waals surface area contributed by atoms with E-state index in [-0.39, 0.29) is 34.6 Å². The Hall–Kier alpha value is -0.940. The minimum atomic E-state index is -0.302. The summed E-state index contributed by atoms with van der Waals surface area (Å²) < 4.78 is 0. The number of hydrogen-bond donors (Lipinski definition) is 3. The van der Waals surface area contributed by atoms with E-state index in [0.29, 0.717) is 35.6 Å². The molecule has 5 aliphatic rings. The third-order valence-corrected chi connectivity index (χ3v) is 13.1. The van der Waals surface area contributed by atoms with E-state index in [1.54, 1.807) is 0 Å². The van der Waals surface area contributed by atoms with Crippen molar-refractivity contribution in [3.05, 3.63) is 35.9 Å². The Labute approximate surface area is 218 Å². The highest BCUT2D eigenvalue weighted by atomic mass is 16.3. The Bertz CT molecular complexity index is 954. The fraction of sp³-hybridized carbons (Fsp3) is 0.812. The van der Waals surface area contributed by atoms with Crippen molar-refractivity contribution in [2.45, 2.75) is 109 Å². The minimum Gasteiger partial charge on any atom is -0.393 e. The van der Waals surface area contributed by atoms with Crippen LogP contribution in [0.4, 0.5) is 0 Å². The molecule has 0 amide bonds. The largest absolute Gasteiger partial charge is 0.393 e. The van der Waals surface area contributed by atoms with Gasteiger partial charge in [-0.1, -0.05) is 51.1 Å². The quantitative estimate of drug-likeness (QED) is 0.534. The van der Waals surface area contributed by atoms with Crippen molar-refractivity contribution in [3.63, 3.8) is 0 Å². The van der Waals surface area contributed by atoms with Crippen LogP contribution in [0.1, 0.15) is 84.1 Å². The van der Waals surface area contributed by atoms with Gasteiger partial charge in [0.2, 0.25) is 0 Å². The van der Waals surface area contributed by atoms with Crippen LogP contribution in [0.3, 0.4) is 0 Å². The molecule has 5 aliphatic carbocycles. The van der Waals surface area contributed by atoms with Crippen LogP contribution in [0.25, 0.3) is 0 Å². The third kappa shape index (κ3) is 3.53. The first-order valence-corrected chi connectivity index (χ1v) is 14.9. The summed E-state index contributed by atoms with van der Waals surface area (Å²) in [5.74, 6) is 1.94. The van der Waals surface area contributed by atoms with E-state index in [1.165, 1.54) is 24.8 Å². The lowest BCUT2D eigenvalue weighted by molar-refractivity contribution is -0.219. The van der Waals surface area contributed by atoms with E-state index in [9.17, 15) is 15.3 Å². The van der Waals surface area contributed by atoms with Crippen molar-refractivity contribution in [1.29, 1.82) is 0 Å². The summed E-state index contributed by atoms with van der Waals surface area (Å²) in [5, 5.41) is 33.9. The van der Waals surface area contributed by atoms with E-state index in [4.69, 9.17) is 0 Å². The van der Waals surface area contributed by atoms with Crippen molar-refractivity contribution in [1.82, 2.24) is 4.90 Å². The molecule has 1 aromatic carbocycles. The SMILES string of the molecule is CN(Cc1ccccc1)C1CC[C@@]1(C)[C@H]1CC[C@H]2[C@@H]3[C@H](O)C[C@@H]4CC(O)CC[C@]4(C)[C@H]3C[C@H](O)[C@@]21C. The Morgan fingerprint density at radius 1 is 0.833 bits per heavy atom. The van der Waals surface area contributed by atoms with Crippen LogP contribution < -0.4 is 0 Å². The van der Waals surface area contributed by atoms with Gasteiger partial charge in [-0.3, -0.25) is 4.90 Å². The van der Waals surface area contributed by atoms with E-state index in [1.807, 2.05) is 0 Å². The van der Waals surface area contributed by atoms with Gasteiger partial charge in [-0.05, 0) is 111 Å². The number of aliphatic hydroxyl groups excluding tert-OH is 3. The van der Waals surface area contributed by atoms with Crippen LogP contribution in [-0.2, 0) is 6.54 Å². The van der Waals surface area contributed by atoms with Gasteiger partial charge in [0, 0.05) is 18.0 Å². The zero-order valence-electron chi connectivity index (χ0n) is 22.9. The van der Waals surface area contributed by atoms with Gasteiger partial charge < -0.3 is 15.3 Å². The fourth-order valence-electron chi connectivity index (χ4n) is 11.1. The molecule has 5 fully saturated rings. The molecule has 0 aromatic heterocycles. The van der Waals surface area contributed by atoms with Crippen LogP contribution in [0.5, 0.6) is 0 Å². The molecule has 36 heavy (non-hydrogen) atoms. The van der Waals surface area contributed by atoms with Gasteiger partial charge in [-0.25, -0.2) is 0 Å².